The van der Waals surface area contributed by atoms with Gasteiger partial charge in [0.2, 0.25) is 0 Å². The molecule has 0 saturated heterocycles. The van der Waals surface area contributed by atoms with E-state index in [1.807, 2.05) is 0 Å². The van der Waals surface area contributed by atoms with Crippen molar-refractivity contribution in [2.75, 3.05) is 0 Å². The molecular weight excluding hydrogens is 504 g/mol. The molecule has 0 atom stereocenters. The summed E-state index contributed by atoms with van der Waals surface area (Å²) >= 11 is 0. The molecule has 0 fully saturated rings. The minimum absolute atomic E-state index is 0.0732. The van der Waals surface area contributed by atoms with Gasteiger partial charge < -0.3 is 0 Å². The lowest BCUT2D eigenvalue weighted by molar-refractivity contribution is 0.652. The van der Waals surface area contributed by atoms with E-state index < -0.39 is 0 Å². The molecule has 0 radical (unpaired) electrons. The lowest BCUT2D eigenvalue weighted by Gasteiger charge is -2.24. The van der Waals surface area contributed by atoms with Crippen molar-refractivity contribution >= 4 is 53.9 Å². The van der Waals surface area contributed by atoms with Gasteiger partial charge in [-0.25, -0.2) is 0 Å². The molecule has 0 unspecified atom stereocenters. The van der Waals surface area contributed by atoms with Crippen molar-refractivity contribution < 1.29 is 0 Å². The van der Waals surface area contributed by atoms with Gasteiger partial charge in [-0.05, 0) is 117 Å². The number of benzene rings is 8. The van der Waals surface area contributed by atoms with Crippen LogP contribution in [0.3, 0.4) is 0 Å². The van der Waals surface area contributed by atoms with Gasteiger partial charge in [-0.3, -0.25) is 0 Å². The topological polar surface area (TPSA) is 0 Å². The van der Waals surface area contributed by atoms with Crippen molar-refractivity contribution in [1.82, 2.24) is 0 Å². The van der Waals surface area contributed by atoms with E-state index in [0.29, 0.717) is 0 Å². The zero-order valence-corrected chi connectivity index (χ0v) is 24.4. The fraction of sp³-hybridized carbons (Fsp3) is 0.143. The first-order chi connectivity index (χ1) is 20.3. The molecule has 0 heteroatoms. The van der Waals surface area contributed by atoms with Gasteiger partial charge in [0, 0.05) is 10.8 Å². The van der Waals surface area contributed by atoms with Crippen LogP contribution in [0.5, 0.6) is 0 Å². The van der Waals surface area contributed by atoms with Crippen LogP contribution in [0.4, 0.5) is 0 Å². The van der Waals surface area contributed by atoms with Gasteiger partial charge in [0.05, 0.1) is 0 Å². The zero-order valence-electron chi connectivity index (χ0n) is 24.4. The van der Waals surface area contributed by atoms with Gasteiger partial charge in [-0.1, -0.05) is 119 Å². The summed E-state index contributed by atoms with van der Waals surface area (Å²) in [6, 6.07) is 41.9. The molecule has 2 aliphatic carbocycles. The maximum Gasteiger partial charge on any atom is 0.0159 e. The second kappa shape index (κ2) is 7.20. The fourth-order valence-corrected chi connectivity index (χ4v) is 8.83. The highest BCUT2D eigenvalue weighted by atomic mass is 14.5. The predicted molar refractivity (Wildman–Crippen MR) is 180 cm³/mol. The normalized spacial score (nSPS) is 16.0. The van der Waals surface area contributed by atoms with Gasteiger partial charge in [-0.2, -0.15) is 0 Å². The largest absolute Gasteiger partial charge is 0.0616 e. The summed E-state index contributed by atoms with van der Waals surface area (Å²) in [5.41, 5.74) is 11.3. The first-order valence-corrected chi connectivity index (χ1v) is 15.2. The average Bonchev–Trinajstić information content (AvgIpc) is 3.37. The Morgan fingerprint density at radius 3 is 1.71 bits per heavy atom. The number of hydrogen-bond acceptors (Lipinski definition) is 0. The molecule has 0 bridgehead atoms. The van der Waals surface area contributed by atoms with Gasteiger partial charge in [0.25, 0.3) is 0 Å². The maximum absolute atomic E-state index is 2.57. The second-order valence-corrected chi connectivity index (χ2v) is 13.7. The highest BCUT2D eigenvalue weighted by molar-refractivity contribution is 6.26. The Balaban J connectivity index is 1.32. The van der Waals surface area contributed by atoms with E-state index in [9.17, 15) is 0 Å². The van der Waals surface area contributed by atoms with E-state index in [1.54, 1.807) is 0 Å². The summed E-state index contributed by atoms with van der Waals surface area (Å²) in [5, 5.41) is 13.6. The Hall–Kier alpha value is -4.68. The highest BCUT2D eigenvalue weighted by Gasteiger charge is 2.43. The Kier molecular flexibility index (Phi) is 3.93. The Labute approximate surface area is 245 Å². The van der Waals surface area contributed by atoms with E-state index >= 15 is 0 Å². The summed E-state index contributed by atoms with van der Waals surface area (Å²) < 4.78 is 0. The van der Waals surface area contributed by atoms with Crippen LogP contribution in [-0.4, -0.2) is 0 Å². The molecular formula is C42H30. The molecule has 10 rings (SSSR count). The van der Waals surface area contributed by atoms with Crippen molar-refractivity contribution in [2.24, 2.45) is 0 Å². The van der Waals surface area contributed by atoms with Crippen molar-refractivity contribution in [3.8, 4) is 22.3 Å². The van der Waals surface area contributed by atoms with Crippen molar-refractivity contribution in [3.05, 3.63) is 131 Å². The molecule has 0 N–H and O–H groups in total. The molecule has 0 saturated carbocycles. The van der Waals surface area contributed by atoms with Crippen LogP contribution in [-0.2, 0) is 10.8 Å². The minimum Gasteiger partial charge on any atom is -0.0616 e. The van der Waals surface area contributed by atoms with Crippen molar-refractivity contribution in [1.29, 1.82) is 0 Å². The molecule has 0 amide bonds. The average molecular weight is 535 g/mol. The SMILES string of the molecule is CC1(C)c2cc3c(cc2-c2c1ccc1c2ccc2ccccc21)C(C)(C)c1cc2ccc4cccc5ccc(c1-3)c2c45. The first-order valence-electron chi connectivity index (χ1n) is 15.2. The summed E-state index contributed by atoms with van der Waals surface area (Å²) in [6.45, 7) is 9.70. The van der Waals surface area contributed by atoms with E-state index in [-0.39, 0.29) is 10.8 Å². The van der Waals surface area contributed by atoms with Crippen molar-refractivity contribution in [2.45, 2.75) is 38.5 Å². The smallest absolute Gasteiger partial charge is 0.0159 e. The predicted octanol–water partition coefficient (Wildman–Crippen LogP) is 11.5. The maximum atomic E-state index is 2.57. The van der Waals surface area contributed by atoms with Crippen LogP contribution in [0, 0.1) is 0 Å². The van der Waals surface area contributed by atoms with E-state index in [1.165, 1.54) is 98.4 Å². The van der Waals surface area contributed by atoms with Crippen LogP contribution in [0.25, 0.3) is 76.1 Å². The first kappa shape index (κ1) is 22.9. The molecule has 2 aliphatic rings. The molecule has 8 aromatic carbocycles. The molecule has 0 heterocycles. The zero-order chi connectivity index (χ0) is 28.1. The molecule has 0 nitrogen and oxygen atoms in total. The Morgan fingerprint density at radius 1 is 0.357 bits per heavy atom. The van der Waals surface area contributed by atoms with Gasteiger partial charge in [0.15, 0.2) is 0 Å². The van der Waals surface area contributed by atoms with E-state index in [0.717, 1.165) is 0 Å². The monoisotopic (exact) mass is 534 g/mol. The van der Waals surface area contributed by atoms with E-state index in [2.05, 4.69) is 137 Å². The molecule has 0 aliphatic heterocycles. The standard InChI is InChI=1S/C42H30/c1-41(2)33-19-18-28-27-11-6-5-8-23(27)14-16-29(28)39(33)31-21-35-32(22-34(31)41)40-30-17-15-25-10-7-9-24-12-13-26(38(30)37(24)25)20-36(40)42(35,3)4/h5-22H,1-4H3. The summed E-state index contributed by atoms with van der Waals surface area (Å²) in [6.07, 6.45) is 0. The second-order valence-electron chi connectivity index (χ2n) is 13.7. The lowest BCUT2D eigenvalue weighted by Crippen LogP contribution is -2.17. The van der Waals surface area contributed by atoms with Crippen LogP contribution >= 0.6 is 0 Å². The van der Waals surface area contributed by atoms with Crippen LogP contribution < -0.4 is 0 Å². The fourth-order valence-electron chi connectivity index (χ4n) is 8.83. The summed E-state index contributed by atoms with van der Waals surface area (Å²) in [4.78, 5) is 0. The lowest BCUT2D eigenvalue weighted by atomic mass is 9.79. The molecule has 42 heavy (non-hydrogen) atoms. The third-order valence-electron chi connectivity index (χ3n) is 11.0. The third kappa shape index (κ3) is 2.53. The highest BCUT2D eigenvalue weighted by Crippen LogP contribution is 2.59. The Morgan fingerprint density at radius 2 is 0.929 bits per heavy atom. The van der Waals surface area contributed by atoms with Gasteiger partial charge >= 0.3 is 0 Å². The van der Waals surface area contributed by atoms with Gasteiger partial charge in [-0.15, -0.1) is 0 Å². The quantitative estimate of drug-likeness (QED) is 0.170. The van der Waals surface area contributed by atoms with Crippen molar-refractivity contribution in [3.63, 3.8) is 0 Å². The molecule has 0 aromatic heterocycles. The summed E-state index contributed by atoms with van der Waals surface area (Å²) in [7, 11) is 0. The Bertz CT molecular complexity index is 2490. The molecule has 0 spiro atoms. The van der Waals surface area contributed by atoms with E-state index in [4.69, 9.17) is 0 Å². The number of fused-ring (bicyclic) bond motifs is 11. The van der Waals surface area contributed by atoms with Crippen LogP contribution in [0.1, 0.15) is 49.9 Å². The van der Waals surface area contributed by atoms with Crippen LogP contribution in [0.15, 0.2) is 109 Å². The minimum atomic E-state index is -0.0890. The summed E-state index contributed by atoms with van der Waals surface area (Å²) in [5.74, 6) is 0. The third-order valence-corrected chi connectivity index (χ3v) is 11.0. The van der Waals surface area contributed by atoms with Crippen LogP contribution in [0.2, 0.25) is 0 Å². The molecule has 8 aromatic rings. The molecule has 198 valence electrons. The number of rotatable bonds is 0. The van der Waals surface area contributed by atoms with Gasteiger partial charge in [0.1, 0.15) is 0 Å². The number of hydrogen-bond donors (Lipinski definition) is 0.